The topological polar surface area (TPSA) is 75.7 Å². The lowest BCUT2D eigenvalue weighted by Crippen LogP contribution is -2.31. The van der Waals surface area contributed by atoms with Crippen molar-refractivity contribution < 1.29 is 33.2 Å². The fourth-order valence-corrected chi connectivity index (χ4v) is 4.77. The van der Waals surface area contributed by atoms with Crippen molar-refractivity contribution >= 4 is 11.9 Å². The third-order valence-corrected chi connectivity index (χ3v) is 6.55. The lowest BCUT2D eigenvalue weighted by Gasteiger charge is -2.30. The first-order chi connectivity index (χ1) is 17.5. The van der Waals surface area contributed by atoms with Gasteiger partial charge in [-0.15, -0.1) is 0 Å². The van der Waals surface area contributed by atoms with Crippen LogP contribution in [0.5, 0.6) is 34.5 Å². The van der Waals surface area contributed by atoms with Crippen LogP contribution in [0.25, 0.3) is 6.08 Å². The Balaban J connectivity index is 1.30. The number of carbonyl (C=O) groups excluding carboxylic acids is 1. The number of nitrogens with zero attached hydrogens (tertiary/aromatic N) is 1. The molecule has 0 unspecified atom stereocenters. The van der Waals surface area contributed by atoms with Crippen LogP contribution in [0.2, 0.25) is 0 Å². The van der Waals surface area contributed by atoms with Crippen molar-refractivity contribution in [3.63, 3.8) is 0 Å². The van der Waals surface area contributed by atoms with Gasteiger partial charge in [-0.1, -0.05) is 6.07 Å². The number of allylic oxidation sites excluding steroid dienone is 1. The Bertz CT molecular complexity index is 1410. The van der Waals surface area contributed by atoms with E-state index in [0.29, 0.717) is 48.2 Å². The Morgan fingerprint density at radius 2 is 1.83 bits per heavy atom. The summed E-state index contributed by atoms with van der Waals surface area (Å²) in [4.78, 5) is 15.5. The average Bonchev–Trinajstić information content (AvgIpc) is 3.49. The highest BCUT2D eigenvalue weighted by atomic mass is 16.7. The molecule has 0 saturated carbocycles. The standard InChI is InChI=1S/C28H25NO7/c1-16-8-23-20(13-29(14-33-23)12-17-4-6-22-24(9-17)35-15-34-22)28-26(16)27(30)25(36-28)11-18-10-19(31-2)5-7-21(18)32-3/h4-11H,12-15H2,1-3H3/b25-11-. The molecule has 3 aromatic carbocycles. The maximum Gasteiger partial charge on any atom is 0.232 e. The van der Waals surface area contributed by atoms with Gasteiger partial charge in [0, 0.05) is 18.7 Å². The first kappa shape index (κ1) is 22.3. The lowest BCUT2D eigenvalue weighted by molar-refractivity contribution is 0.0871. The SMILES string of the molecule is COc1ccc(OC)c(/C=C2\Oc3c4c(cc(C)c3C2=O)OCN(Cc2ccc3c(c2)OCO3)C4)c1. The number of methoxy groups -OCH3 is 2. The Labute approximate surface area is 208 Å². The van der Waals surface area contributed by atoms with Crippen LogP contribution in [-0.2, 0) is 13.1 Å². The number of Topliss-reactive ketones (excluding diaryl/α,β-unsaturated/α-hetero) is 1. The third kappa shape index (κ3) is 3.79. The minimum absolute atomic E-state index is 0.164. The smallest absolute Gasteiger partial charge is 0.232 e. The first-order valence-corrected chi connectivity index (χ1v) is 11.6. The van der Waals surface area contributed by atoms with Gasteiger partial charge < -0.3 is 28.4 Å². The number of carbonyl (C=O) groups is 1. The molecule has 0 aromatic heterocycles. The summed E-state index contributed by atoms with van der Waals surface area (Å²) in [5, 5.41) is 0. The molecule has 8 nitrogen and oxygen atoms in total. The van der Waals surface area contributed by atoms with Crippen LogP contribution in [-0.4, -0.2) is 38.4 Å². The van der Waals surface area contributed by atoms with E-state index in [1.807, 2.05) is 37.3 Å². The van der Waals surface area contributed by atoms with Crippen molar-refractivity contribution in [3.05, 3.63) is 76.0 Å². The van der Waals surface area contributed by atoms with Crippen LogP contribution < -0.4 is 28.4 Å². The molecular formula is C28H25NO7. The average molecular weight is 488 g/mol. The summed E-state index contributed by atoms with van der Waals surface area (Å²) >= 11 is 0. The van der Waals surface area contributed by atoms with Gasteiger partial charge in [-0.25, -0.2) is 0 Å². The van der Waals surface area contributed by atoms with Crippen molar-refractivity contribution in [1.29, 1.82) is 0 Å². The minimum Gasteiger partial charge on any atom is -0.497 e. The third-order valence-electron chi connectivity index (χ3n) is 6.55. The molecule has 3 aromatic rings. The van der Waals surface area contributed by atoms with Gasteiger partial charge in [-0.05, 0) is 60.5 Å². The number of hydrogen-bond donors (Lipinski definition) is 0. The van der Waals surface area contributed by atoms with E-state index in [4.69, 9.17) is 28.4 Å². The van der Waals surface area contributed by atoms with Gasteiger partial charge in [-0.2, -0.15) is 0 Å². The summed E-state index contributed by atoms with van der Waals surface area (Å²) in [7, 11) is 3.18. The monoisotopic (exact) mass is 487 g/mol. The highest BCUT2D eigenvalue weighted by Crippen LogP contribution is 2.45. The zero-order valence-electron chi connectivity index (χ0n) is 20.3. The van der Waals surface area contributed by atoms with Crippen molar-refractivity contribution in [2.24, 2.45) is 0 Å². The second kappa shape index (κ2) is 8.80. The summed E-state index contributed by atoms with van der Waals surface area (Å²) in [6, 6.07) is 13.3. The van der Waals surface area contributed by atoms with Crippen LogP contribution in [0.3, 0.4) is 0 Å². The Hall–Kier alpha value is -4.17. The van der Waals surface area contributed by atoms with Gasteiger partial charge in [-0.3, -0.25) is 9.69 Å². The van der Waals surface area contributed by atoms with Crippen molar-refractivity contribution in [3.8, 4) is 34.5 Å². The normalized spacial score (nSPS) is 16.9. The van der Waals surface area contributed by atoms with Crippen molar-refractivity contribution in [2.75, 3.05) is 27.7 Å². The number of benzene rings is 3. The Morgan fingerprint density at radius 3 is 2.67 bits per heavy atom. The molecule has 6 rings (SSSR count). The number of fused-ring (bicyclic) bond motifs is 4. The van der Waals surface area contributed by atoms with Gasteiger partial charge in [0.15, 0.2) is 17.3 Å². The number of rotatable bonds is 5. The molecule has 3 aliphatic rings. The molecule has 8 heteroatoms. The van der Waals surface area contributed by atoms with Crippen LogP contribution in [0.15, 0.2) is 48.2 Å². The van der Waals surface area contributed by atoms with E-state index < -0.39 is 0 Å². The number of aryl methyl sites for hydroxylation is 1. The maximum absolute atomic E-state index is 13.4. The maximum atomic E-state index is 13.4. The molecule has 0 bridgehead atoms. The summed E-state index contributed by atoms with van der Waals surface area (Å²) < 4.78 is 34.0. The van der Waals surface area contributed by atoms with Gasteiger partial charge in [0.1, 0.15) is 29.7 Å². The number of hydrogen-bond acceptors (Lipinski definition) is 8. The predicted octanol–water partition coefficient (Wildman–Crippen LogP) is 4.71. The van der Waals surface area contributed by atoms with Crippen LogP contribution >= 0.6 is 0 Å². The molecule has 184 valence electrons. The fourth-order valence-electron chi connectivity index (χ4n) is 4.77. The van der Waals surface area contributed by atoms with Crippen LogP contribution in [0, 0.1) is 6.92 Å². The summed E-state index contributed by atoms with van der Waals surface area (Å²) in [5.41, 5.74) is 4.02. The highest BCUT2D eigenvalue weighted by Gasteiger charge is 2.35. The van der Waals surface area contributed by atoms with Crippen LogP contribution in [0.1, 0.15) is 32.6 Å². The van der Waals surface area contributed by atoms with E-state index in [2.05, 4.69) is 4.90 Å². The molecule has 3 aliphatic heterocycles. The second-order valence-electron chi connectivity index (χ2n) is 8.87. The Kier molecular flexibility index (Phi) is 5.45. The molecule has 3 heterocycles. The lowest BCUT2D eigenvalue weighted by atomic mass is 9.98. The van der Waals surface area contributed by atoms with E-state index in [9.17, 15) is 4.79 Å². The molecule has 0 radical (unpaired) electrons. The molecule has 0 N–H and O–H groups in total. The van der Waals surface area contributed by atoms with E-state index in [1.54, 1.807) is 32.4 Å². The largest absolute Gasteiger partial charge is 0.497 e. The van der Waals surface area contributed by atoms with Crippen molar-refractivity contribution in [1.82, 2.24) is 4.90 Å². The van der Waals surface area contributed by atoms with Gasteiger partial charge >= 0.3 is 0 Å². The molecule has 0 spiro atoms. The summed E-state index contributed by atoms with van der Waals surface area (Å²) in [5.74, 6) is 4.15. The van der Waals surface area contributed by atoms with E-state index in [-0.39, 0.29) is 18.3 Å². The number of ether oxygens (including phenoxy) is 6. The molecule has 0 atom stereocenters. The first-order valence-electron chi connectivity index (χ1n) is 11.6. The molecular weight excluding hydrogens is 462 g/mol. The van der Waals surface area contributed by atoms with Crippen LogP contribution in [0.4, 0.5) is 0 Å². The minimum atomic E-state index is -0.164. The Morgan fingerprint density at radius 1 is 0.972 bits per heavy atom. The molecule has 0 amide bonds. The van der Waals surface area contributed by atoms with E-state index in [0.717, 1.165) is 33.9 Å². The van der Waals surface area contributed by atoms with Gasteiger partial charge in [0.05, 0.1) is 25.3 Å². The zero-order chi connectivity index (χ0) is 24.8. The molecule has 36 heavy (non-hydrogen) atoms. The fraction of sp³-hybridized carbons (Fsp3) is 0.250. The molecule has 0 fully saturated rings. The quantitative estimate of drug-likeness (QED) is 0.479. The number of ketones is 1. The zero-order valence-corrected chi connectivity index (χ0v) is 20.3. The van der Waals surface area contributed by atoms with E-state index >= 15 is 0 Å². The molecule has 0 aliphatic carbocycles. The van der Waals surface area contributed by atoms with Gasteiger partial charge in [0.2, 0.25) is 12.6 Å². The predicted molar refractivity (Wildman–Crippen MR) is 131 cm³/mol. The van der Waals surface area contributed by atoms with Crippen molar-refractivity contribution in [2.45, 2.75) is 20.0 Å². The summed E-state index contributed by atoms with van der Waals surface area (Å²) in [6.45, 7) is 3.80. The second-order valence-corrected chi connectivity index (χ2v) is 8.87. The highest BCUT2D eigenvalue weighted by molar-refractivity contribution is 6.16. The summed E-state index contributed by atoms with van der Waals surface area (Å²) in [6.07, 6.45) is 1.70. The molecule has 0 saturated heterocycles. The van der Waals surface area contributed by atoms with Gasteiger partial charge in [0.25, 0.3) is 0 Å². The van der Waals surface area contributed by atoms with E-state index in [1.165, 1.54) is 0 Å².